The lowest BCUT2D eigenvalue weighted by molar-refractivity contribution is -0.122. The molecular weight excluding hydrogens is 264 g/mol. The Morgan fingerprint density at radius 2 is 2.24 bits per heavy atom. The Labute approximate surface area is 127 Å². The number of methoxy groups -OCH3 is 1. The lowest BCUT2D eigenvalue weighted by Crippen LogP contribution is -2.33. The number of carbonyl (C=O) groups excluding carboxylic acids is 1. The number of amides is 1. The van der Waals surface area contributed by atoms with Gasteiger partial charge in [-0.15, -0.1) is 0 Å². The highest BCUT2D eigenvalue weighted by atomic mass is 16.5. The number of nitrogens with one attached hydrogen (secondary N) is 1. The van der Waals surface area contributed by atoms with Crippen molar-refractivity contribution in [2.75, 3.05) is 7.11 Å². The first-order chi connectivity index (χ1) is 10.0. The molecule has 4 nitrogen and oxygen atoms in total. The largest absolute Gasteiger partial charge is 0.496 e. The van der Waals surface area contributed by atoms with Gasteiger partial charge in [-0.05, 0) is 38.7 Å². The van der Waals surface area contributed by atoms with Gasteiger partial charge in [-0.1, -0.05) is 24.1 Å². The first-order valence-electron chi connectivity index (χ1n) is 7.70. The summed E-state index contributed by atoms with van der Waals surface area (Å²) >= 11 is 0. The number of rotatable bonds is 5. The van der Waals surface area contributed by atoms with Crippen LogP contribution in [0.4, 0.5) is 0 Å². The molecule has 1 aromatic rings. The molecule has 0 spiro atoms. The van der Waals surface area contributed by atoms with Crippen molar-refractivity contribution in [3.05, 3.63) is 29.3 Å². The van der Waals surface area contributed by atoms with Crippen molar-refractivity contribution in [2.45, 2.75) is 51.6 Å². The van der Waals surface area contributed by atoms with E-state index in [1.807, 2.05) is 26.0 Å². The second-order valence-corrected chi connectivity index (χ2v) is 6.09. The van der Waals surface area contributed by atoms with Crippen molar-refractivity contribution < 1.29 is 9.53 Å². The van der Waals surface area contributed by atoms with Gasteiger partial charge < -0.3 is 15.8 Å². The van der Waals surface area contributed by atoms with Crippen LogP contribution in [0.5, 0.6) is 5.75 Å². The van der Waals surface area contributed by atoms with Crippen LogP contribution in [0.1, 0.15) is 49.8 Å². The van der Waals surface area contributed by atoms with Gasteiger partial charge in [-0.2, -0.15) is 0 Å². The highest BCUT2D eigenvalue weighted by Gasteiger charge is 2.26. The predicted octanol–water partition coefficient (Wildman–Crippen LogP) is 2.70. The zero-order valence-electron chi connectivity index (χ0n) is 13.2. The molecule has 0 bridgehead atoms. The van der Waals surface area contributed by atoms with Crippen LogP contribution in [0, 0.1) is 12.8 Å². The number of benzene rings is 1. The van der Waals surface area contributed by atoms with E-state index >= 15 is 0 Å². The molecule has 3 N–H and O–H groups in total. The number of carbonyl (C=O) groups is 1. The molecule has 3 atom stereocenters. The molecule has 1 amide bonds. The molecule has 1 saturated carbocycles. The van der Waals surface area contributed by atoms with Gasteiger partial charge >= 0.3 is 0 Å². The maximum absolute atomic E-state index is 12.2. The van der Waals surface area contributed by atoms with Gasteiger partial charge in [-0.25, -0.2) is 0 Å². The van der Waals surface area contributed by atoms with E-state index in [2.05, 4.69) is 11.4 Å². The van der Waals surface area contributed by atoms with Crippen molar-refractivity contribution in [2.24, 2.45) is 11.7 Å². The number of hydrogen-bond donors (Lipinski definition) is 2. The van der Waals surface area contributed by atoms with Crippen LogP contribution in [0.2, 0.25) is 0 Å². The number of ether oxygens (including phenoxy) is 1. The number of nitrogens with two attached hydrogens (primary N) is 1. The van der Waals surface area contributed by atoms with Gasteiger partial charge in [0.1, 0.15) is 5.75 Å². The Kier molecular flexibility index (Phi) is 5.23. The van der Waals surface area contributed by atoms with Crippen molar-refractivity contribution in [3.63, 3.8) is 0 Å². The molecular formula is C17H26N2O2. The lowest BCUT2D eigenvalue weighted by Gasteiger charge is -2.20. The first kappa shape index (κ1) is 15.8. The normalized spacial score (nSPS) is 22.9. The van der Waals surface area contributed by atoms with Crippen molar-refractivity contribution in [1.82, 2.24) is 5.32 Å². The van der Waals surface area contributed by atoms with E-state index in [-0.39, 0.29) is 18.0 Å². The molecule has 0 aliphatic heterocycles. The van der Waals surface area contributed by atoms with Gasteiger partial charge in [0.2, 0.25) is 5.91 Å². The monoisotopic (exact) mass is 290 g/mol. The first-order valence-corrected chi connectivity index (χ1v) is 7.70. The minimum Gasteiger partial charge on any atom is -0.496 e. The molecule has 0 saturated heterocycles. The van der Waals surface area contributed by atoms with Crippen LogP contribution in [-0.2, 0) is 4.79 Å². The molecule has 1 aromatic carbocycles. The van der Waals surface area contributed by atoms with Crippen molar-refractivity contribution in [1.29, 1.82) is 0 Å². The molecule has 0 radical (unpaired) electrons. The van der Waals surface area contributed by atoms with E-state index in [1.165, 1.54) is 0 Å². The highest BCUT2D eigenvalue weighted by molar-refractivity contribution is 5.77. The lowest BCUT2D eigenvalue weighted by atomic mass is 9.99. The molecule has 0 heterocycles. The van der Waals surface area contributed by atoms with Crippen molar-refractivity contribution in [3.8, 4) is 5.75 Å². The summed E-state index contributed by atoms with van der Waals surface area (Å²) in [4.78, 5) is 12.2. The summed E-state index contributed by atoms with van der Waals surface area (Å²) in [6.45, 7) is 4.03. The predicted molar refractivity (Wildman–Crippen MR) is 84.2 cm³/mol. The molecule has 2 rings (SSSR count). The summed E-state index contributed by atoms with van der Waals surface area (Å²) in [5.74, 6) is 1.22. The maximum atomic E-state index is 12.2. The van der Waals surface area contributed by atoms with Gasteiger partial charge in [0.25, 0.3) is 0 Å². The molecule has 4 heteroatoms. The minimum atomic E-state index is -0.0648. The van der Waals surface area contributed by atoms with Crippen LogP contribution in [0.15, 0.2) is 18.2 Å². The molecule has 1 aliphatic carbocycles. The van der Waals surface area contributed by atoms with E-state index in [1.54, 1.807) is 7.11 Å². The average Bonchev–Trinajstić information content (AvgIpc) is 2.84. The van der Waals surface area contributed by atoms with Gasteiger partial charge in [0.15, 0.2) is 0 Å². The summed E-state index contributed by atoms with van der Waals surface area (Å²) in [6, 6.07) is 6.13. The Bertz CT molecular complexity index is 502. The SMILES string of the molecule is COc1ccc(C)cc1C(C)NC(=O)C[C@@H]1CCC[C@H]1N. The van der Waals surface area contributed by atoms with Gasteiger partial charge in [0, 0.05) is 18.0 Å². The molecule has 1 unspecified atom stereocenters. The second kappa shape index (κ2) is 6.94. The number of hydrogen-bond acceptors (Lipinski definition) is 3. The third-order valence-electron chi connectivity index (χ3n) is 4.39. The maximum Gasteiger partial charge on any atom is 0.220 e. The fraction of sp³-hybridized carbons (Fsp3) is 0.588. The van der Waals surface area contributed by atoms with E-state index in [0.29, 0.717) is 12.3 Å². The minimum absolute atomic E-state index is 0.0648. The zero-order valence-corrected chi connectivity index (χ0v) is 13.2. The van der Waals surface area contributed by atoms with Crippen LogP contribution in [-0.4, -0.2) is 19.1 Å². The smallest absolute Gasteiger partial charge is 0.220 e. The molecule has 1 fully saturated rings. The average molecular weight is 290 g/mol. The molecule has 0 aromatic heterocycles. The van der Waals surface area contributed by atoms with Crippen molar-refractivity contribution >= 4 is 5.91 Å². The van der Waals surface area contributed by atoms with E-state index in [9.17, 15) is 4.79 Å². The standard InChI is InChI=1S/C17H26N2O2/c1-11-7-8-16(21-3)14(9-11)12(2)19-17(20)10-13-5-4-6-15(13)18/h7-9,12-13,15H,4-6,10,18H2,1-3H3,(H,19,20)/t12?,13-,15+/m0/s1. The Balaban J connectivity index is 1.98. The van der Waals surface area contributed by atoms with Gasteiger partial charge in [0.05, 0.1) is 13.2 Å². The fourth-order valence-corrected chi connectivity index (χ4v) is 3.13. The van der Waals surface area contributed by atoms with E-state index in [0.717, 1.165) is 36.1 Å². The van der Waals surface area contributed by atoms with E-state index < -0.39 is 0 Å². The topological polar surface area (TPSA) is 64.3 Å². The highest BCUT2D eigenvalue weighted by Crippen LogP contribution is 2.28. The third-order valence-corrected chi connectivity index (χ3v) is 4.39. The number of aryl methyl sites for hydroxylation is 1. The summed E-state index contributed by atoms with van der Waals surface area (Å²) in [6.07, 6.45) is 3.77. The quantitative estimate of drug-likeness (QED) is 0.876. The van der Waals surface area contributed by atoms with E-state index in [4.69, 9.17) is 10.5 Å². The van der Waals surface area contributed by atoms with Crippen LogP contribution in [0.25, 0.3) is 0 Å². The zero-order chi connectivity index (χ0) is 15.4. The molecule has 1 aliphatic rings. The Hall–Kier alpha value is -1.55. The van der Waals surface area contributed by atoms with Gasteiger partial charge in [-0.3, -0.25) is 4.79 Å². The summed E-state index contributed by atoms with van der Waals surface area (Å²) < 4.78 is 5.38. The molecule has 116 valence electrons. The third kappa shape index (κ3) is 3.97. The Morgan fingerprint density at radius 1 is 1.48 bits per heavy atom. The Morgan fingerprint density at radius 3 is 2.86 bits per heavy atom. The van der Waals surface area contributed by atoms with Crippen LogP contribution in [0.3, 0.4) is 0 Å². The second-order valence-electron chi connectivity index (χ2n) is 6.09. The van der Waals surface area contributed by atoms with Crippen LogP contribution >= 0.6 is 0 Å². The summed E-state index contributed by atoms with van der Waals surface area (Å²) in [5.41, 5.74) is 8.21. The fourth-order valence-electron chi connectivity index (χ4n) is 3.13. The van der Waals surface area contributed by atoms with Crippen LogP contribution < -0.4 is 15.8 Å². The summed E-state index contributed by atoms with van der Waals surface area (Å²) in [5, 5.41) is 3.07. The molecule has 21 heavy (non-hydrogen) atoms. The summed E-state index contributed by atoms with van der Waals surface area (Å²) in [7, 11) is 1.65.